The lowest BCUT2D eigenvalue weighted by atomic mass is 10.1. The fourth-order valence-corrected chi connectivity index (χ4v) is 3.66. The van der Waals surface area contributed by atoms with Gasteiger partial charge in [0.2, 0.25) is 5.91 Å². The molecule has 0 N–H and O–H groups in total. The third kappa shape index (κ3) is 4.26. The number of ether oxygens (including phenoxy) is 2. The number of halogens is 1. The summed E-state index contributed by atoms with van der Waals surface area (Å²) in [7, 11) is 1.81. The van der Waals surface area contributed by atoms with Crippen LogP contribution in [0.1, 0.15) is 30.5 Å². The first-order valence-corrected chi connectivity index (χ1v) is 10.2. The molecular weight excluding hydrogens is 404 g/mol. The average Bonchev–Trinajstić information content (AvgIpc) is 3.18. The van der Waals surface area contributed by atoms with Gasteiger partial charge in [0, 0.05) is 13.5 Å². The molecule has 2 heterocycles. The Bertz CT molecular complexity index is 1020. The number of carbonyl (C=O) groups is 1. The lowest BCUT2D eigenvalue weighted by molar-refractivity contribution is -0.131. The highest BCUT2D eigenvalue weighted by Crippen LogP contribution is 2.38. The van der Waals surface area contributed by atoms with E-state index < -0.39 is 0 Å². The summed E-state index contributed by atoms with van der Waals surface area (Å²) in [5.41, 5.74) is 2.75. The lowest BCUT2D eigenvalue weighted by Crippen LogP contribution is -2.31. The monoisotopic (exact) mass is 426 g/mol. The summed E-state index contributed by atoms with van der Waals surface area (Å²) in [6.07, 6.45) is 4.17. The van der Waals surface area contributed by atoms with Gasteiger partial charge >= 0.3 is 0 Å². The van der Waals surface area contributed by atoms with Crippen LogP contribution >= 0.6 is 11.6 Å². The van der Waals surface area contributed by atoms with Crippen molar-refractivity contribution in [3.05, 3.63) is 65.2 Å². The Morgan fingerprint density at radius 1 is 1.23 bits per heavy atom. The number of aromatic nitrogens is 3. The zero-order chi connectivity index (χ0) is 21.1. The minimum atomic E-state index is -0.0850. The Hall–Kier alpha value is -3.06. The molecule has 0 saturated carbocycles. The van der Waals surface area contributed by atoms with Crippen LogP contribution in [-0.2, 0) is 11.2 Å². The van der Waals surface area contributed by atoms with E-state index in [2.05, 4.69) is 10.1 Å². The highest BCUT2D eigenvalue weighted by molar-refractivity contribution is 6.32. The summed E-state index contributed by atoms with van der Waals surface area (Å²) in [6.45, 7) is 3.15. The number of likely N-dealkylation sites (N-methyl/N-ethyl adjacent to an activating group) is 1. The van der Waals surface area contributed by atoms with Crippen LogP contribution in [-0.4, -0.2) is 45.8 Å². The second kappa shape index (κ2) is 8.75. The summed E-state index contributed by atoms with van der Waals surface area (Å²) in [4.78, 5) is 18.6. The molecule has 2 aromatic carbocycles. The fraction of sp³-hybridized carbons (Fsp3) is 0.318. The predicted octanol–water partition coefficient (Wildman–Crippen LogP) is 3.84. The topological polar surface area (TPSA) is 69.5 Å². The maximum Gasteiger partial charge on any atom is 0.227 e. The fourth-order valence-electron chi connectivity index (χ4n) is 3.37. The molecule has 0 spiro atoms. The number of hydrogen-bond acceptors (Lipinski definition) is 5. The molecule has 30 heavy (non-hydrogen) atoms. The number of hydrogen-bond donors (Lipinski definition) is 0. The van der Waals surface area contributed by atoms with Crippen molar-refractivity contribution in [2.75, 3.05) is 20.3 Å². The second-order valence-corrected chi connectivity index (χ2v) is 7.65. The third-order valence-corrected chi connectivity index (χ3v) is 5.53. The standard InChI is InChI=1S/C22H23ClN4O3/c1-15(17-4-6-18(7-5-17)27-14-24-13-25-27)26(2)21(28)12-16-10-19(23)22-20(11-16)29-8-3-9-30-22/h4-7,10-11,13-15H,3,8-9,12H2,1-2H3/t15-/m0/s1. The van der Waals surface area contributed by atoms with Gasteiger partial charge < -0.3 is 14.4 Å². The van der Waals surface area contributed by atoms with Gasteiger partial charge in [0.05, 0.1) is 36.4 Å². The summed E-state index contributed by atoms with van der Waals surface area (Å²) < 4.78 is 13.1. The van der Waals surface area contributed by atoms with Gasteiger partial charge in [-0.15, -0.1) is 0 Å². The van der Waals surface area contributed by atoms with Gasteiger partial charge in [-0.05, 0) is 42.3 Å². The van der Waals surface area contributed by atoms with Gasteiger partial charge in [0.15, 0.2) is 11.5 Å². The van der Waals surface area contributed by atoms with Crippen LogP contribution in [0.2, 0.25) is 5.02 Å². The normalized spacial score (nSPS) is 14.1. The van der Waals surface area contributed by atoms with Crippen molar-refractivity contribution in [1.29, 1.82) is 0 Å². The molecule has 0 unspecified atom stereocenters. The molecule has 156 valence electrons. The molecule has 0 aliphatic carbocycles. The number of nitrogens with zero attached hydrogens (tertiary/aromatic N) is 4. The van der Waals surface area contributed by atoms with Gasteiger partial charge in [-0.2, -0.15) is 5.10 Å². The Kier molecular flexibility index (Phi) is 5.90. The largest absolute Gasteiger partial charge is 0.489 e. The highest BCUT2D eigenvalue weighted by atomic mass is 35.5. The van der Waals surface area contributed by atoms with Crippen LogP contribution in [0.5, 0.6) is 11.5 Å². The van der Waals surface area contributed by atoms with Crippen molar-refractivity contribution in [1.82, 2.24) is 19.7 Å². The molecule has 0 saturated heterocycles. The molecule has 1 aromatic heterocycles. The SMILES string of the molecule is C[C@@H](c1ccc(-n2cncn2)cc1)N(C)C(=O)Cc1cc(Cl)c2c(c1)OCCCO2. The zero-order valence-electron chi connectivity index (χ0n) is 16.9. The van der Waals surface area contributed by atoms with Crippen LogP contribution in [0, 0.1) is 0 Å². The number of carbonyl (C=O) groups excluding carboxylic acids is 1. The molecular formula is C22H23ClN4O3. The maximum atomic E-state index is 12.9. The summed E-state index contributed by atoms with van der Waals surface area (Å²) >= 11 is 6.36. The first-order valence-electron chi connectivity index (χ1n) is 9.81. The summed E-state index contributed by atoms with van der Waals surface area (Å²) in [6, 6.07) is 11.4. The van der Waals surface area contributed by atoms with E-state index in [1.165, 1.54) is 6.33 Å². The molecule has 0 fully saturated rings. The lowest BCUT2D eigenvalue weighted by Gasteiger charge is -2.26. The molecule has 4 rings (SSSR count). The molecule has 3 aromatic rings. The van der Waals surface area contributed by atoms with Gasteiger partial charge in [-0.3, -0.25) is 4.79 Å². The molecule has 7 nitrogen and oxygen atoms in total. The van der Waals surface area contributed by atoms with E-state index in [1.807, 2.05) is 44.3 Å². The summed E-state index contributed by atoms with van der Waals surface area (Å²) in [5, 5.41) is 4.59. The van der Waals surface area contributed by atoms with E-state index >= 15 is 0 Å². The van der Waals surface area contributed by atoms with E-state index in [1.54, 1.807) is 22.0 Å². The van der Waals surface area contributed by atoms with E-state index in [9.17, 15) is 4.79 Å². The Morgan fingerprint density at radius 2 is 2.00 bits per heavy atom. The second-order valence-electron chi connectivity index (χ2n) is 7.24. The number of amides is 1. The number of benzene rings is 2. The van der Waals surface area contributed by atoms with Gasteiger partial charge in [0.25, 0.3) is 0 Å². The smallest absolute Gasteiger partial charge is 0.227 e. The Morgan fingerprint density at radius 3 is 2.73 bits per heavy atom. The first kappa shape index (κ1) is 20.2. The van der Waals surface area contributed by atoms with E-state index in [0.717, 1.165) is 23.2 Å². The van der Waals surface area contributed by atoms with Gasteiger partial charge in [0.1, 0.15) is 12.7 Å². The molecule has 1 aliphatic rings. The number of fused-ring (bicyclic) bond motifs is 1. The molecule has 1 aliphatic heterocycles. The van der Waals surface area contributed by atoms with Crippen LogP contribution in [0.4, 0.5) is 0 Å². The molecule has 1 atom stereocenters. The zero-order valence-corrected chi connectivity index (χ0v) is 17.7. The highest BCUT2D eigenvalue weighted by Gasteiger charge is 2.21. The van der Waals surface area contributed by atoms with Crippen LogP contribution < -0.4 is 9.47 Å². The van der Waals surface area contributed by atoms with Gasteiger partial charge in [-0.25, -0.2) is 9.67 Å². The van der Waals surface area contributed by atoms with Crippen LogP contribution in [0.25, 0.3) is 5.69 Å². The average molecular weight is 427 g/mol. The molecule has 1 amide bonds. The molecule has 0 radical (unpaired) electrons. The predicted molar refractivity (Wildman–Crippen MR) is 113 cm³/mol. The Balaban J connectivity index is 1.45. The van der Waals surface area contributed by atoms with E-state index in [4.69, 9.17) is 21.1 Å². The van der Waals surface area contributed by atoms with Crippen molar-refractivity contribution in [3.63, 3.8) is 0 Å². The van der Waals surface area contributed by atoms with Crippen molar-refractivity contribution < 1.29 is 14.3 Å². The van der Waals surface area contributed by atoms with Crippen LogP contribution in [0.15, 0.2) is 49.1 Å². The number of rotatable bonds is 5. The van der Waals surface area contributed by atoms with Gasteiger partial charge in [-0.1, -0.05) is 23.7 Å². The third-order valence-electron chi connectivity index (χ3n) is 5.25. The molecule has 0 bridgehead atoms. The van der Waals surface area contributed by atoms with Crippen molar-refractivity contribution in [2.45, 2.75) is 25.8 Å². The Labute approximate surface area is 180 Å². The summed E-state index contributed by atoms with van der Waals surface area (Å²) in [5.74, 6) is 1.15. The van der Waals surface area contributed by atoms with E-state index in [0.29, 0.717) is 29.7 Å². The maximum absolute atomic E-state index is 12.9. The minimum Gasteiger partial charge on any atom is -0.489 e. The van der Waals surface area contributed by atoms with Crippen molar-refractivity contribution in [2.24, 2.45) is 0 Å². The van der Waals surface area contributed by atoms with Crippen molar-refractivity contribution in [3.8, 4) is 17.2 Å². The minimum absolute atomic E-state index is 0.00610. The van der Waals surface area contributed by atoms with Crippen LogP contribution in [0.3, 0.4) is 0 Å². The van der Waals surface area contributed by atoms with Crippen molar-refractivity contribution >= 4 is 17.5 Å². The first-order chi connectivity index (χ1) is 14.5. The molecule has 8 heteroatoms. The van der Waals surface area contributed by atoms with E-state index in [-0.39, 0.29) is 18.4 Å². The quantitative estimate of drug-likeness (QED) is 0.620.